The van der Waals surface area contributed by atoms with Crippen LogP contribution in [0.1, 0.15) is 10.4 Å². The summed E-state index contributed by atoms with van der Waals surface area (Å²) in [5, 5.41) is 4.09. The second kappa shape index (κ2) is 9.89. The number of hydrogen-bond donors (Lipinski definition) is 1. The van der Waals surface area contributed by atoms with E-state index in [1.54, 1.807) is 72.8 Å². The molecule has 0 saturated carbocycles. The van der Waals surface area contributed by atoms with Crippen LogP contribution in [0.4, 0.5) is 5.69 Å². The highest BCUT2D eigenvalue weighted by atomic mass is 35.5. The highest BCUT2D eigenvalue weighted by molar-refractivity contribution is 7.99. The van der Waals surface area contributed by atoms with Gasteiger partial charge in [-0.05, 0) is 54.6 Å². The first-order valence-electron chi connectivity index (χ1n) is 9.85. The summed E-state index contributed by atoms with van der Waals surface area (Å²) in [4.78, 5) is 41.9. The summed E-state index contributed by atoms with van der Waals surface area (Å²) in [5.74, 6) is -0.722. The van der Waals surface area contributed by atoms with E-state index in [9.17, 15) is 14.4 Å². The van der Waals surface area contributed by atoms with Gasteiger partial charge in [0.2, 0.25) is 5.91 Å². The molecule has 4 rings (SSSR count). The maximum absolute atomic E-state index is 13.2. The van der Waals surface area contributed by atoms with Crippen LogP contribution in [0.25, 0.3) is 16.6 Å². The zero-order valence-corrected chi connectivity index (χ0v) is 19.0. The standard InChI is InChI=1S/C24H18ClN3O4S/c1-32-23(31)15-9-11-17(12-10-15)26-21(29)14-33-24-27-20-8-3-2-7-19(20)22(30)28(24)18-6-4-5-16(25)13-18/h2-13H,14H2,1H3,(H,26,29). The molecule has 7 nitrogen and oxygen atoms in total. The number of esters is 1. The van der Waals surface area contributed by atoms with Crippen LogP contribution >= 0.6 is 23.4 Å². The van der Waals surface area contributed by atoms with E-state index >= 15 is 0 Å². The minimum absolute atomic E-state index is 0.0180. The minimum atomic E-state index is -0.454. The number of nitrogens with one attached hydrogen (secondary N) is 1. The van der Waals surface area contributed by atoms with E-state index in [0.717, 1.165) is 11.8 Å². The average Bonchev–Trinajstić information content (AvgIpc) is 2.83. The van der Waals surface area contributed by atoms with Crippen molar-refractivity contribution in [3.8, 4) is 5.69 Å². The average molecular weight is 480 g/mol. The molecule has 0 aliphatic rings. The van der Waals surface area contributed by atoms with E-state index in [2.05, 4.69) is 15.0 Å². The molecule has 4 aromatic rings. The van der Waals surface area contributed by atoms with E-state index in [1.165, 1.54) is 11.7 Å². The molecule has 0 fully saturated rings. The Bertz CT molecular complexity index is 1400. The van der Waals surface area contributed by atoms with Crippen molar-refractivity contribution in [2.75, 3.05) is 18.2 Å². The van der Waals surface area contributed by atoms with Crippen LogP contribution in [0.15, 0.2) is 82.7 Å². The summed E-state index contributed by atoms with van der Waals surface area (Å²) in [5.41, 5.74) is 1.78. The van der Waals surface area contributed by atoms with Crippen molar-refractivity contribution < 1.29 is 14.3 Å². The highest BCUT2D eigenvalue weighted by Gasteiger charge is 2.15. The quantitative estimate of drug-likeness (QED) is 0.248. The van der Waals surface area contributed by atoms with E-state index in [1.807, 2.05) is 0 Å². The van der Waals surface area contributed by atoms with Gasteiger partial charge in [0.05, 0.1) is 35.0 Å². The number of rotatable bonds is 6. The minimum Gasteiger partial charge on any atom is -0.465 e. The lowest BCUT2D eigenvalue weighted by Gasteiger charge is -2.13. The van der Waals surface area contributed by atoms with Gasteiger partial charge in [-0.25, -0.2) is 9.78 Å². The summed E-state index contributed by atoms with van der Waals surface area (Å²) in [6.45, 7) is 0. The van der Waals surface area contributed by atoms with Crippen LogP contribution in [0.5, 0.6) is 0 Å². The molecule has 0 radical (unpaired) electrons. The van der Waals surface area contributed by atoms with Gasteiger partial charge >= 0.3 is 5.97 Å². The Balaban J connectivity index is 1.59. The van der Waals surface area contributed by atoms with Gasteiger partial charge in [0, 0.05) is 10.7 Å². The van der Waals surface area contributed by atoms with E-state index < -0.39 is 5.97 Å². The fourth-order valence-electron chi connectivity index (χ4n) is 3.19. The van der Waals surface area contributed by atoms with Gasteiger partial charge in [-0.3, -0.25) is 14.2 Å². The smallest absolute Gasteiger partial charge is 0.337 e. The van der Waals surface area contributed by atoms with E-state index in [4.69, 9.17) is 11.6 Å². The Morgan fingerprint density at radius 2 is 1.82 bits per heavy atom. The van der Waals surface area contributed by atoms with Crippen LogP contribution < -0.4 is 10.9 Å². The molecule has 1 N–H and O–H groups in total. The number of nitrogens with zero attached hydrogens (tertiary/aromatic N) is 2. The largest absolute Gasteiger partial charge is 0.465 e. The molecular formula is C24H18ClN3O4S. The van der Waals surface area contributed by atoms with E-state index in [0.29, 0.717) is 38.0 Å². The van der Waals surface area contributed by atoms with Crippen LogP contribution in [-0.2, 0) is 9.53 Å². The Kier molecular flexibility index (Phi) is 6.76. The number of amides is 1. The third kappa shape index (κ3) is 5.08. The second-order valence-electron chi connectivity index (χ2n) is 6.94. The molecule has 0 spiro atoms. The number of carbonyl (C=O) groups excluding carboxylic acids is 2. The molecule has 166 valence electrons. The molecule has 0 aliphatic carbocycles. The van der Waals surface area contributed by atoms with Crippen molar-refractivity contribution in [1.29, 1.82) is 0 Å². The molecule has 9 heteroatoms. The molecule has 1 amide bonds. The molecule has 33 heavy (non-hydrogen) atoms. The molecule has 1 heterocycles. The number of hydrogen-bond acceptors (Lipinski definition) is 6. The SMILES string of the molecule is COC(=O)c1ccc(NC(=O)CSc2nc3ccccc3c(=O)n2-c2cccc(Cl)c2)cc1. The molecule has 0 aliphatic heterocycles. The van der Waals surface area contributed by atoms with Gasteiger partial charge in [-0.1, -0.05) is 41.6 Å². The number of methoxy groups -OCH3 is 1. The predicted molar refractivity (Wildman–Crippen MR) is 129 cm³/mol. The summed E-state index contributed by atoms with van der Waals surface area (Å²) in [6, 6.07) is 20.3. The number of thioether (sulfide) groups is 1. The van der Waals surface area contributed by atoms with Crippen molar-refractivity contribution in [3.05, 3.63) is 93.7 Å². The van der Waals surface area contributed by atoms with Crippen LogP contribution in [0.2, 0.25) is 5.02 Å². The van der Waals surface area contributed by atoms with Gasteiger partial charge in [0.1, 0.15) is 0 Å². The van der Waals surface area contributed by atoms with Crippen LogP contribution in [0.3, 0.4) is 0 Å². The summed E-state index contributed by atoms with van der Waals surface area (Å²) in [7, 11) is 1.30. The number of para-hydroxylation sites is 1. The lowest BCUT2D eigenvalue weighted by molar-refractivity contribution is -0.113. The van der Waals surface area contributed by atoms with Crippen molar-refractivity contribution in [3.63, 3.8) is 0 Å². The van der Waals surface area contributed by atoms with Crippen molar-refractivity contribution in [1.82, 2.24) is 9.55 Å². The maximum atomic E-state index is 13.2. The third-order valence-corrected chi connectivity index (χ3v) is 5.91. The summed E-state index contributed by atoms with van der Waals surface area (Å²) in [6.07, 6.45) is 0. The number of ether oxygens (including phenoxy) is 1. The van der Waals surface area contributed by atoms with Gasteiger partial charge in [0.25, 0.3) is 5.56 Å². The molecule has 0 bridgehead atoms. The lowest BCUT2D eigenvalue weighted by atomic mass is 10.2. The van der Waals surface area contributed by atoms with Crippen molar-refractivity contribution in [2.24, 2.45) is 0 Å². The maximum Gasteiger partial charge on any atom is 0.337 e. The van der Waals surface area contributed by atoms with Crippen molar-refractivity contribution >= 4 is 51.8 Å². The molecule has 3 aromatic carbocycles. The number of aromatic nitrogens is 2. The Morgan fingerprint density at radius 1 is 1.06 bits per heavy atom. The number of fused-ring (bicyclic) bond motifs is 1. The number of halogens is 1. The first kappa shape index (κ1) is 22.6. The highest BCUT2D eigenvalue weighted by Crippen LogP contribution is 2.23. The monoisotopic (exact) mass is 479 g/mol. The normalized spacial score (nSPS) is 10.7. The zero-order chi connectivity index (χ0) is 23.4. The van der Waals surface area contributed by atoms with E-state index in [-0.39, 0.29) is 17.2 Å². The summed E-state index contributed by atoms with van der Waals surface area (Å²) < 4.78 is 6.12. The Labute approximate surface area is 198 Å². The Morgan fingerprint density at radius 3 is 2.55 bits per heavy atom. The fraction of sp³-hybridized carbons (Fsp3) is 0.0833. The van der Waals surface area contributed by atoms with Crippen LogP contribution in [-0.4, -0.2) is 34.3 Å². The number of anilines is 1. The first-order valence-corrected chi connectivity index (χ1v) is 11.2. The lowest BCUT2D eigenvalue weighted by Crippen LogP contribution is -2.23. The summed E-state index contributed by atoms with van der Waals surface area (Å²) >= 11 is 7.28. The zero-order valence-electron chi connectivity index (χ0n) is 17.4. The van der Waals surface area contributed by atoms with Gasteiger partial charge in [-0.15, -0.1) is 0 Å². The molecule has 0 atom stereocenters. The fourth-order valence-corrected chi connectivity index (χ4v) is 4.18. The second-order valence-corrected chi connectivity index (χ2v) is 8.32. The third-order valence-electron chi connectivity index (χ3n) is 4.73. The molecule has 1 aromatic heterocycles. The first-order chi connectivity index (χ1) is 16.0. The molecule has 0 saturated heterocycles. The predicted octanol–water partition coefficient (Wildman–Crippen LogP) is 4.56. The topological polar surface area (TPSA) is 90.3 Å². The number of carbonyl (C=O) groups is 2. The van der Waals surface area contributed by atoms with Gasteiger partial charge in [0.15, 0.2) is 5.16 Å². The molecule has 0 unspecified atom stereocenters. The van der Waals surface area contributed by atoms with Gasteiger partial charge < -0.3 is 10.1 Å². The van der Waals surface area contributed by atoms with Crippen LogP contribution in [0, 0.1) is 0 Å². The van der Waals surface area contributed by atoms with Crippen molar-refractivity contribution in [2.45, 2.75) is 5.16 Å². The van der Waals surface area contributed by atoms with Gasteiger partial charge in [-0.2, -0.15) is 0 Å². The Hall–Kier alpha value is -3.62. The number of benzene rings is 3. The molecular weight excluding hydrogens is 462 g/mol.